The van der Waals surface area contributed by atoms with Crippen molar-refractivity contribution in [2.45, 2.75) is 26.4 Å². The monoisotopic (exact) mass is 360 g/mol. The van der Waals surface area contributed by atoms with Crippen molar-refractivity contribution in [1.82, 2.24) is 19.3 Å². The molecule has 0 atom stereocenters. The van der Waals surface area contributed by atoms with Gasteiger partial charge in [-0.05, 0) is 42.3 Å². The van der Waals surface area contributed by atoms with E-state index < -0.39 is 0 Å². The lowest BCUT2D eigenvalue weighted by atomic mass is 10.1. The summed E-state index contributed by atoms with van der Waals surface area (Å²) < 4.78 is 3.41. The quantitative estimate of drug-likeness (QED) is 0.595. The Kier molecular flexibility index (Phi) is 4.46. The standard InChI is InChI=1S/C21H20N4O2/c1-15-6-2-3-7-16(15)14-23-19(26)10-13-25-20-17(8-4-11-22-20)24-12-5-9-18(24)21(25)27/h2-9,11-12H,10,13-14H2,1H3,(H,23,26). The van der Waals surface area contributed by atoms with Crippen LogP contribution >= 0.6 is 0 Å². The number of aryl methyl sites for hydroxylation is 2. The fourth-order valence-electron chi connectivity index (χ4n) is 3.30. The second-order valence-corrected chi connectivity index (χ2v) is 6.52. The lowest BCUT2D eigenvalue weighted by molar-refractivity contribution is -0.121. The number of hydrogen-bond donors (Lipinski definition) is 1. The van der Waals surface area contributed by atoms with Crippen LogP contribution in [0.25, 0.3) is 16.7 Å². The highest BCUT2D eigenvalue weighted by atomic mass is 16.2. The van der Waals surface area contributed by atoms with Gasteiger partial charge < -0.3 is 9.72 Å². The second kappa shape index (κ2) is 7.07. The normalized spacial score (nSPS) is 11.1. The van der Waals surface area contributed by atoms with Crippen LogP contribution in [0.1, 0.15) is 17.5 Å². The third-order valence-corrected chi connectivity index (χ3v) is 4.79. The van der Waals surface area contributed by atoms with Gasteiger partial charge in [-0.1, -0.05) is 24.3 Å². The van der Waals surface area contributed by atoms with E-state index in [1.165, 1.54) is 0 Å². The van der Waals surface area contributed by atoms with Crippen molar-refractivity contribution in [3.8, 4) is 0 Å². The summed E-state index contributed by atoms with van der Waals surface area (Å²) in [4.78, 5) is 29.5. The average molecular weight is 360 g/mol. The van der Waals surface area contributed by atoms with Gasteiger partial charge in [0.2, 0.25) is 5.91 Å². The van der Waals surface area contributed by atoms with Gasteiger partial charge in [0.15, 0.2) is 5.65 Å². The number of carbonyl (C=O) groups excluding carboxylic acids is 1. The third-order valence-electron chi connectivity index (χ3n) is 4.79. The molecule has 0 saturated heterocycles. The first-order chi connectivity index (χ1) is 13.1. The lowest BCUT2D eigenvalue weighted by Gasteiger charge is -2.12. The smallest absolute Gasteiger partial charge is 0.276 e. The van der Waals surface area contributed by atoms with E-state index in [1.807, 2.05) is 60.0 Å². The molecule has 1 amide bonds. The first-order valence-electron chi connectivity index (χ1n) is 8.91. The summed E-state index contributed by atoms with van der Waals surface area (Å²) in [5.74, 6) is -0.0931. The molecule has 0 saturated carbocycles. The molecule has 0 spiro atoms. The van der Waals surface area contributed by atoms with Gasteiger partial charge in [0, 0.05) is 31.9 Å². The van der Waals surface area contributed by atoms with Gasteiger partial charge in [-0.2, -0.15) is 0 Å². The largest absolute Gasteiger partial charge is 0.352 e. The Morgan fingerprint density at radius 3 is 2.74 bits per heavy atom. The van der Waals surface area contributed by atoms with Crippen LogP contribution in [0.5, 0.6) is 0 Å². The molecule has 0 unspecified atom stereocenters. The zero-order valence-corrected chi connectivity index (χ0v) is 15.1. The fraction of sp³-hybridized carbons (Fsp3) is 0.190. The van der Waals surface area contributed by atoms with Gasteiger partial charge >= 0.3 is 0 Å². The summed E-state index contributed by atoms with van der Waals surface area (Å²) in [5, 5.41) is 2.93. The number of amides is 1. The number of fused-ring (bicyclic) bond motifs is 3. The molecule has 0 aliphatic rings. The Labute approximate surface area is 156 Å². The van der Waals surface area contributed by atoms with Gasteiger partial charge in [-0.15, -0.1) is 0 Å². The van der Waals surface area contributed by atoms with E-state index in [0.29, 0.717) is 17.7 Å². The summed E-state index contributed by atoms with van der Waals surface area (Å²) >= 11 is 0. The highest BCUT2D eigenvalue weighted by molar-refractivity contribution is 5.77. The van der Waals surface area contributed by atoms with Crippen LogP contribution in [-0.2, 0) is 17.9 Å². The fourth-order valence-corrected chi connectivity index (χ4v) is 3.30. The van der Waals surface area contributed by atoms with Gasteiger partial charge in [-0.25, -0.2) is 4.98 Å². The molecule has 3 heterocycles. The van der Waals surface area contributed by atoms with Gasteiger partial charge in [-0.3, -0.25) is 14.2 Å². The maximum absolute atomic E-state index is 12.8. The first-order valence-corrected chi connectivity index (χ1v) is 8.91. The number of hydrogen-bond acceptors (Lipinski definition) is 3. The molecule has 136 valence electrons. The van der Waals surface area contributed by atoms with E-state index in [1.54, 1.807) is 16.8 Å². The van der Waals surface area contributed by atoms with Crippen molar-refractivity contribution in [2.24, 2.45) is 0 Å². The van der Waals surface area contributed by atoms with E-state index in [4.69, 9.17) is 0 Å². The van der Waals surface area contributed by atoms with E-state index >= 15 is 0 Å². The predicted molar refractivity (Wildman–Crippen MR) is 105 cm³/mol. The molecule has 3 aromatic heterocycles. The summed E-state index contributed by atoms with van der Waals surface area (Å²) in [6.07, 6.45) is 3.72. The number of nitrogens with one attached hydrogen (secondary N) is 1. The van der Waals surface area contributed by atoms with Crippen LogP contribution in [-0.4, -0.2) is 19.9 Å². The average Bonchev–Trinajstić information content (AvgIpc) is 3.18. The molecule has 0 fully saturated rings. The van der Waals surface area contributed by atoms with E-state index in [-0.39, 0.29) is 24.4 Å². The second-order valence-electron chi connectivity index (χ2n) is 6.52. The number of nitrogens with zero attached hydrogens (tertiary/aromatic N) is 3. The zero-order chi connectivity index (χ0) is 18.8. The van der Waals surface area contributed by atoms with Crippen molar-refractivity contribution in [3.05, 3.63) is 82.4 Å². The minimum absolute atomic E-state index is 0.0931. The number of benzene rings is 1. The van der Waals surface area contributed by atoms with Gasteiger partial charge in [0.1, 0.15) is 5.52 Å². The maximum Gasteiger partial charge on any atom is 0.276 e. The molecule has 1 aromatic carbocycles. The highest BCUT2D eigenvalue weighted by Crippen LogP contribution is 2.13. The van der Waals surface area contributed by atoms with E-state index in [2.05, 4.69) is 10.3 Å². The van der Waals surface area contributed by atoms with Gasteiger partial charge in [0.05, 0.1) is 5.52 Å². The predicted octanol–water partition coefficient (Wildman–Crippen LogP) is 2.66. The molecule has 4 aromatic rings. The molecule has 0 radical (unpaired) electrons. The molecular formula is C21H20N4O2. The molecule has 1 N–H and O–H groups in total. The maximum atomic E-state index is 12.8. The van der Waals surface area contributed by atoms with Crippen molar-refractivity contribution < 1.29 is 4.79 Å². The minimum Gasteiger partial charge on any atom is -0.352 e. The third kappa shape index (κ3) is 3.21. The summed E-state index contributed by atoms with van der Waals surface area (Å²) in [6, 6.07) is 15.3. The van der Waals surface area contributed by atoms with Crippen LogP contribution < -0.4 is 10.9 Å². The number of carbonyl (C=O) groups is 1. The molecule has 6 heteroatoms. The summed E-state index contributed by atoms with van der Waals surface area (Å²) in [5.41, 5.74) is 4.09. The molecule has 6 nitrogen and oxygen atoms in total. The van der Waals surface area contributed by atoms with Crippen LogP contribution in [0.4, 0.5) is 0 Å². The Morgan fingerprint density at radius 2 is 1.89 bits per heavy atom. The number of rotatable bonds is 5. The number of aromatic nitrogens is 3. The molecular weight excluding hydrogens is 340 g/mol. The minimum atomic E-state index is -0.141. The van der Waals surface area contributed by atoms with Crippen LogP contribution in [0.3, 0.4) is 0 Å². The Hall–Kier alpha value is -3.41. The Morgan fingerprint density at radius 1 is 1.07 bits per heavy atom. The van der Waals surface area contributed by atoms with Crippen molar-refractivity contribution in [3.63, 3.8) is 0 Å². The zero-order valence-electron chi connectivity index (χ0n) is 15.1. The van der Waals surface area contributed by atoms with Crippen LogP contribution in [0, 0.1) is 6.92 Å². The van der Waals surface area contributed by atoms with Crippen LogP contribution in [0.15, 0.2) is 65.7 Å². The highest BCUT2D eigenvalue weighted by Gasteiger charge is 2.12. The Bertz CT molecular complexity index is 1190. The number of pyridine rings is 1. The molecule has 0 aliphatic heterocycles. The summed E-state index contributed by atoms with van der Waals surface area (Å²) in [6.45, 7) is 2.79. The SMILES string of the molecule is Cc1ccccc1CNC(=O)CCn1c(=O)c2cccn2c2cccnc21. The van der Waals surface area contributed by atoms with Crippen molar-refractivity contribution in [1.29, 1.82) is 0 Å². The molecule has 0 aliphatic carbocycles. The van der Waals surface area contributed by atoms with Crippen LogP contribution in [0.2, 0.25) is 0 Å². The summed E-state index contributed by atoms with van der Waals surface area (Å²) in [7, 11) is 0. The molecule has 0 bridgehead atoms. The Balaban J connectivity index is 1.55. The van der Waals surface area contributed by atoms with Gasteiger partial charge in [0.25, 0.3) is 5.56 Å². The molecule has 4 rings (SSSR count). The van der Waals surface area contributed by atoms with E-state index in [0.717, 1.165) is 16.6 Å². The first kappa shape index (κ1) is 17.0. The topological polar surface area (TPSA) is 68.4 Å². The lowest BCUT2D eigenvalue weighted by Crippen LogP contribution is -2.28. The van der Waals surface area contributed by atoms with Crippen molar-refractivity contribution in [2.75, 3.05) is 0 Å². The van der Waals surface area contributed by atoms with E-state index in [9.17, 15) is 9.59 Å². The molecule has 27 heavy (non-hydrogen) atoms. The van der Waals surface area contributed by atoms with Crippen molar-refractivity contribution >= 4 is 22.6 Å².